The molecule has 2 aromatic heterocycles. The first-order valence-corrected chi connectivity index (χ1v) is 8.13. The highest BCUT2D eigenvalue weighted by Crippen LogP contribution is 2.24. The molecule has 0 aliphatic carbocycles. The van der Waals surface area contributed by atoms with Crippen molar-refractivity contribution >= 4 is 40.1 Å². The van der Waals surface area contributed by atoms with E-state index in [0.29, 0.717) is 21.2 Å². The lowest BCUT2D eigenvalue weighted by molar-refractivity contribution is -0.144. The lowest BCUT2D eigenvalue weighted by atomic mass is 10.2. The van der Waals surface area contributed by atoms with Crippen molar-refractivity contribution in [2.45, 2.75) is 20.3 Å². The second kappa shape index (κ2) is 6.42. The van der Waals surface area contributed by atoms with Crippen molar-refractivity contribution in [3.8, 4) is 5.69 Å². The van der Waals surface area contributed by atoms with E-state index in [1.165, 1.54) is 23.7 Å². The third kappa shape index (κ3) is 2.96. The minimum atomic E-state index is -0.585. The van der Waals surface area contributed by atoms with Gasteiger partial charge in [-0.15, -0.1) is 4.73 Å². The van der Waals surface area contributed by atoms with Crippen LogP contribution in [0.25, 0.3) is 16.6 Å². The lowest BCUT2D eigenvalue weighted by Crippen LogP contribution is -2.32. The van der Waals surface area contributed by atoms with E-state index >= 15 is 0 Å². The van der Waals surface area contributed by atoms with Crippen LogP contribution in [0.5, 0.6) is 0 Å². The van der Waals surface area contributed by atoms with Crippen LogP contribution in [0.2, 0.25) is 10.0 Å². The molecule has 0 unspecified atom stereocenters. The summed E-state index contributed by atoms with van der Waals surface area (Å²) in [6, 6.07) is 5.87. The van der Waals surface area contributed by atoms with Crippen LogP contribution in [0.1, 0.15) is 19.0 Å². The van der Waals surface area contributed by atoms with Gasteiger partial charge in [0, 0.05) is 17.5 Å². The molecule has 1 aromatic carbocycles. The zero-order valence-electron chi connectivity index (χ0n) is 13.3. The molecule has 1 N–H and O–H groups in total. The number of benzene rings is 1. The number of aromatic amines is 1. The van der Waals surface area contributed by atoms with E-state index in [-0.39, 0.29) is 17.5 Å². The minimum absolute atomic E-state index is 0.0966. The summed E-state index contributed by atoms with van der Waals surface area (Å²) < 4.78 is 2.00. The molecular weight excluding hydrogens is 369 g/mol. The molecule has 0 atom stereocenters. The number of pyridine rings is 1. The van der Waals surface area contributed by atoms with Gasteiger partial charge in [-0.1, -0.05) is 30.1 Å². The lowest BCUT2D eigenvalue weighted by Gasteiger charge is -2.08. The van der Waals surface area contributed by atoms with Crippen LogP contribution in [0.3, 0.4) is 0 Å². The highest BCUT2D eigenvalue weighted by atomic mass is 35.5. The molecule has 0 aliphatic heterocycles. The summed E-state index contributed by atoms with van der Waals surface area (Å²) in [5.41, 5.74) is -0.163. The van der Waals surface area contributed by atoms with Crippen molar-refractivity contribution < 1.29 is 9.63 Å². The van der Waals surface area contributed by atoms with E-state index in [4.69, 9.17) is 28.0 Å². The molecule has 0 bridgehead atoms. The molecule has 0 spiro atoms. The van der Waals surface area contributed by atoms with Crippen molar-refractivity contribution in [2.75, 3.05) is 0 Å². The van der Waals surface area contributed by atoms with Crippen LogP contribution in [0.4, 0.5) is 0 Å². The SMILES string of the molecule is CCC(=O)On1c(C)c2c(=O)n(-c3cc(Cl)ccc3Cl)[nH]c2cc1=O. The van der Waals surface area contributed by atoms with Crippen molar-refractivity contribution in [3.63, 3.8) is 0 Å². The van der Waals surface area contributed by atoms with Crippen LogP contribution < -0.4 is 16.0 Å². The molecule has 2 heterocycles. The molecule has 3 aromatic rings. The van der Waals surface area contributed by atoms with Crippen molar-refractivity contribution in [3.05, 3.63) is 60.7 Å². The van der Waals surface area contributed by atoms with E-state index < -0.39 is 17.1 Å². The number of carbonyl (C=O) groups excluding carboxylic acids is 1. The van der Waals surface area contributed by atoms with Gasteiger partial charge >= 0.3 is 5.97 Å². The Labute approximate surface area is 151 Å². The smallest absolute Gasteiger partial charge is 0.332 e. The predicted molar refractivity (Wildman–Crippen MR) is 94.8 cm³/mol. The van der Waals surface area contributed by atoms with Gasteiger partial charge in [-0.2, -0.15) is 0 Å². The highest BCUT2D eigenvalue weighted by molar-refractivity contribution is 6.34. The molecule has 0 aliphatic rings. The number of aromatic nitrogens is 3. The number of aryl methyl sites for hydroxylation is 1. The molecule has 0 fully saturated rings. The first kappa shape index (κ1) is 17.3. The molecule has 3 rings (SSSR count). The number of fused-ring (bicyclic) bond motifs is 1. The molecule has 7 nitrogen and oxygen atoms in total. The first-order valence-electron chi connectivity index (χ1n) is 7.37. The zero-order chi connectivity index (χ0) is 18.3. The standard InChI is InChI=1S/C16H13Cl2N3O4/c1-3-14(23)25-21-8(2)15-11(7-13(21)22)19-20(16(15)24)12-6-9(17)4-5-10(12)18/h4-7,19H,3H2,1-2H3. The Morgan fingerprint density at radius 3 is 2.64 bits per heavy atom. The van der Waals surface area contributed by atoms with E-state index in [1.807, 2.05) is 0 Å². The van der Waals surface area contributed by atoms with E-state index in [0.717, 1.165) is 4.73 Å². The van der Waals surface area contributed by atoms with Gasteiger partial charge in [0.25, 0.3) is 11.1 Å². The normalized spacial score (nSPS) is 11.0. The number of hydrogen-bond acceptors (Lipinski definition) is 4. The molecule has 0 saturated carbocycles. The molecule has 0 radical (unpaired) electrons. The predicted octanol–water partition coefficient (Wildman–Crippen LogP) is 2.46. The van der Waals surface area contributed by atoms with Crippen LogP contribution in [-0.2, 0) is 4.79 Å². The number of halogens is 2. The first-order chi connectivity index (χ1) is 11.8. The number of nitrogens with zero attached hydrogens (tertiary/aromatic N) is 2. The average Bonchev–Trinajstić information content (AvgIpc) is 2.89. The number of nitrogens with one attached hydrogen (secondary N) is 1. The Bertz CT molecular complexity index is 1110. The Morgan fingerprint density at radius 1 is 1.24 bits per heavy atom. The Morgan fingerprint density at radius 2 is 1.96 bits per heavy atom. The van der Waals surface area contributed by atoms with Crippen LogP contribution in [-0.4, -0.2) is 20.5 Å². The maximum atomic E-state index is 12.8. The largest absolute Gasteiger partial charge is 0.333 e. The quantitative estimate of drug-likeness (QED) is 0.754. The van der Waals surface area contributed by atoms with Crippen molar-refractivity contribution in [1.29, 1.82) is 0 Å². The summed E-state index contributed by atoms with van der Waals surface area (Å²) in [6.07, 6.45) is 0.0966. The summed E-state index contributed by atoms with van der Waals surface area (Å²) >= 11 is 12.1. The van der Waals surface area contributed by atoms with Gasteiger partial charge in [-0.05, 0) is 25.1 Å². The Balaban J connectivity index is 2.29. The molecule has 25 heavy (non-hydrogen) atoms. The van der Waals surface area contributed by atoms with Gasteiger partial charge in [-0.25, -0.2) is 9.48 Å². The molecule has 9 heteroatoms. The summed E-state index contributed by atoms with van der Waals surface area (Å²) in [6.45, 7) is 3.12. The second-order valence-corrected chi connectivity index (χ2v) is 6.16. The number of carbonyl (C=O) groups is 1. The van der Waals surface area contributed by atoms with Gasteiger partial charge in [-0.3, -0.25) is 14.7 Å². The van der Waals surface area contributed by atoms with Crippen LogP contribution in [0, 0.1) is 6.92 Å². The highest BCUT2D eigenvalue weighted by Gasteiger charge is 2.18. The van der Waals surface area contributed by atoms with E-state index in [9.17, 15) is 14.4 Å². The fourth-order valence-electron chi connectivity index (χ4n) is 2.46. The summed E-state index contributed by atoms with van der Waals surface area (Å²) in [5.74, 6) is -0.585. The van der Waals surface area contributed by atoms with Gasteiger partial charge in [0.2, 0.25) is 0 Å². The van der Waals surface area contributed by atoms with Gasteiger partial charge in [0.05, 0.1) is 27.3 Å². The molecule has 130 valence electrons. The topological polar surface area (TPSA) is 86.1 Å². The number of H-pyrrole nitrogens is 1. The summed E-state index contributed by atoms with van der Waals surface area (Å²) in [7, 11) is 0. The Hall–Kier alpha value is -2.51. The third-order valence-corrected chi connectivity index (χ3v) is 4.24. The molecule has 0 amide bonds. The van der Waals surface area contributed by atoms with Gasteiger partial charge in [0.15, 0.2) is 0 Å². The molecule has 0 saturated heterocycles. The monoisotopic (exact) mass is 381 g/mol. The Kier molecular flexibility index (Phi) is 4.45. The van der Waals surface area contributed by atoms with Crippen LogP contribution >= 0.6 is 23.2 Å². The number of hydrogen-bond donors (Lipinski definition) is 1. The fourth-order valence-corrected chi connectivity index (χ4v) is 2.83. The van der Waals surface area contributed by atoms with Gasteiger partial charge in [0.1, 0.15) is 0 Å². The molecular formula is C16H13Cl2N3O4. The van der Waals surface area contributed by atoms with Crippen molar-refractivity contribution in [1.82, 2.24) is 14.5 Å². The van der Waals surface area contributed by atoms with Crippen LogP contribution in [0.15, 0.2) is 33.9 Å². The average molecular weight is 382 g/mol. The zero-order valence-corrected chi connectivity index (χ0v) is 14.8. The number of rotatable bonds is 3. The van der Waals surface area contributed by atoms with Gasteiger partial charge < -0.3 is 4.84 Å². The maximum Gasteiger partial charge on any atom is 0.332 e. The maximum absolute atomic E-state index is 12.8. The minimum Gasteiger partial charge on any atom is -0.333 e. The van der Waals surface area contributed by atoms with E-state index in [1.54, 1.807) is 19.1 Å². The van der Waals surface area contributed by atoms with Crippen molar-refractivity contribution in [2.24, 2.45) is 0 Å². The van der Waals surface area contributed by atoms with E-state index in [2.05, 4.69) is 5.10 Å². The second-order valence-electron chi connectivity index (χ2n) is 5.32. The summed E-state index contributed by atoms with van der Waals surface area (Å²) in [4.78, 5) is 41.5. The third-order valence-electron chi connectivity index (χ3n) is 3.68. The fraction of sp³-hybridized carbons (Fsp3) is 0.188. The summed E-state index contributed by atoms with van der Waals surface area (Å²) in [5, 5.41) is 3.75.